The van der Waals surface area contributed by atoms with Crippen molar-refractivity contribution in [3.05, 3.63) is 41.5 Å². The fourth-order valence-corrected chi connectivity index (χ4v) is 2.20. The zero-order valence-electron chi connectivity index (χ0n) is 12.2. The second-order valence-corrected chi connectivity index (χ2v) is 4.81. The Kier molecular flexibility index (Phi) is 4.66. The Morgan fingerprint density at radius 1 is 1.20 bits per heavy atom. The average molecular weight is 273 g/mol. The van der Waals surface area contributed by atoms with Crippen LogP contribution >= 0.6 is 0 Å². The summed E-state index contributed by atoms with van der Waals surface area (Å²) in [5.74, 6) is 0.561. The van der Waals surface area contributed by atoms with Gasteiger partial charge in [0.2, 0.25) is 0 Å². The number of hydrogen-bond acceptors (Lipinski definition) is 3. The molecule has 0 unspecified atom stereocenters. The van der Waals surface area contributed by atoms with Crippen LogP contribution in [0, 0.1) is 12.7 Å². The number of nitrogens with zero attached hydrogens (tertiary/aromatic N) is 2. The van der Waals surface area contributed by atoms with E-state index in [0.29, 0.717) is 11.3 Å². The van der Waals surface area contributed by atoms with Gasteiger partial charge in [0.15, 0.2) is 0 Å². The lowest BCUT2D eigenvalue weighted by atomic mass is 10.0. The molecular weight excluding hydrogens is 253 g/mol. The molecule has 0 aliphatic carbocycles. The Morgan fingerprint density at radius 3 is 2.70 bits per heavy atom. The van der Waals surface area contributed by atoms with Gasteiger partial charge in [-0.05, 0) is 31.9 Å². The smallest absolute Gasteiger partial charge is 0.133 e. The lowest BCUT2D eigenvalue weighted by Crippen LogP contribution is -2.07. The molecule has 3 nitrogen and oxygen atoms in total. The molecule has 2 aromatic rings. The zero-order valence-corrected chi connectivity index (χ0v) is 12.2. The first-order chi connectivity index (χ1) is 9.67. The first-order valence-electron chi connectivity index (χ1n) is 7.01. The van der Waals surface area contributed by atoms with Gasteiger partial charge in [-0.3, -0.25) is 0 Å². The van der Waals surface area contributed by atoms with E-state index < -0.39 is 0 Å². The van der Waals surface area contributed by atoms with E-state index in [-0.39, 0.29) is 5.82 Å². The monoisotopic (exact) mass is 273 g/mol. The lowest BCUT2D eigenvalue weighted by molar-refractivity contribution is 0.630. The van der Waals surface area contributed by atoms with E-state index in [2.05, 4.69) is 22.2 Å². The van der Waals surface area contributed by atoms with Crippen molar-refractivity contribution in [2.24, 2.45) is 0 Å². The van der Waals surface area contributed by atoms with Crippen LogP contribution in [0.1, 0.15) is 31.4 Å². The quantitative estimate of drug-likeness (QED) is 0.895. The van der Waals surface area contributed by atoms with Gasteiger partial charge in [0.25, 0.3) is 0 Å². The van der Waals surface area contributed by atoms with Crippen LogP contribution in [-0.2, 0) is 6.42 Å². The van der Waals surface area contributed by atoms with Gasteiger partial charge in [0, 0.05) is 17.7 Å². The molecule has 2 rings (SSSR count). The molecule has 0 amide bonds. The topological polar surface area (TPSA) is 37.8 Å². The fourth-order valence-electron chi connectivity index (χ4n) is 2.20. The summed E-state index contributed by atoms with van der Waals surface area (Å²) in [6.45, 7) is 6.93. The molecule has 20 heavy (non-hydrogen) atoms. The van der Waals surface area contributed by atoms with Crippen LogP contribution < -0.4 is 5.32 Å². The van der Waals surface area contributed by atoms with Gasteiger partial charge in [-0.25, -0.2) is 14.4 Å². The van der Waals surface area contributed by atoms with Gasteiger partial charge in [0.1, 0.15) is 18.0 Å². The standard InChI is InChI=1S/C16H20FN3/c1-4-8-18-16-12(5-2)15(19-10-20-16)13-9-11(3)6-7-14(13)17/h6-7,9-10H,4-5,8H2,1-3H3,(H,18,19,20). The third-order valence-electron chi connectivity index (χ3n) is 3.22. The van der Waals surface area contributed by atoms with E-state index in [4.69, 9.17) is 0 Å². The van der Waals surface area contributed by atoms with Gasteiger partial charge >= 0.3 is 0 Å². The molecule has 1 aromatic carbocycles. The molecule has 0 saturated carbocycles. The number of aryl methyl sites for hydroxylation is 1. The number of rotatable bonds is 5. The molecule has 0 radical (unpaired) electrons. The molecule has 1 heterocycles. The number of nitrogens with one attached hydrogen (secondary N) is 1. The highest BCUT2D eigenvalue weighted by Gasteiger charge is 2.14. The first kappa shape index (κ1) is 14.4. The summed E-state index contributed by atoms with van der Waals surface area (Å²) in [6.07, 6.45) is 3.27. The summed E-state index contributed by atoms with van der Waals surface area (Å²) >= 11 is 0. The van der Waals surface area contributed by atoms with Crippen molar-refractivity contribution in [2.75, 3.05) is 11.9 Å². The van der Waals surface area contributed by atoms with Gasteiger partial charge < -0.3 is 5.32 Å². The Labute approximate surface area is 119 Å². The van der Waals surface area contributed by atoms with Crippen LogP contribution in [0.15, 0.2) is 24.5 Å². The molecule has 0 spiro atoms. The SMILES string of the molecule is CCCNc1ncnc(-c2cc(C)ccc2F)c1CC. The molecule has 0 bridgehead atoms. The van der Waals surface area contributed by atoms with E-state index in [0.717, 1.165) is 36.3 Å². The van der Waals surface area contributed by atoms with Crippen LogP contribution in [0.25, 0.3) is 11.3 Å². The third-order valence-corrected chi connectivity index (χ3v) is 3.22. The van der Waals surface area contributed by atoms with Crippen LogP contribution in [0.3, 0.4) is 0 Å². The second-order valence-electron chi connectivity index (χ2n) is 4.81. The number of aromatic nitrogens is 2. The van der Waals surface area contributed by atoms with Gasteiger partial charge in [0.05, 0.1) is 5.69 Å². The molecule has 0 aliphatic heterocycles. The highest BCUT2D eigenvalue weighted by atomic mass is 19.1. The predicted molar refractivity (Wildman–Crippen MR) is 80.3 cm³/mol. The van der Waals surface area contributed by atoms with Gasteiger partial charge in [-0.2, -0.15) is 0 Å². The molecule has 106 valence electrons. The fraction of sp³-hybridized carbons (Fsp3) is 0.375. The Hall–Kier alpha value is -1.97. The highest BCUT2D eigenvalue weighted by Crippen LogP contribution is 2.28. The summed E-state index contributed by atoms with van der Waals surface area (Å²) < 4.78 is 14.1. The summed E-state index contributed by atoms with van der Waals surface area (Å²) in [6, 6.07) is 5.09. The van der Waals surface area contributed by atoms with Crippen molar-refractivity contribution in [1.82, 2.24) is 9.97 Å². The number of anilines is 1. The van der Waals surface area contributed by atoms with Gasteiger partial charge in [-0.1, -0.05) is 25.5 Å². The maximum Gasteiger partial charge on any atom is 0.133 e. The van der Waals surface area contributed by atoms with Crippen LogP contribution in [0.5, 0.6) is 0 Å². The molecular formula is C16H20FN3. The molecule has 0 saturated heterocycles. The molecule has 0 fully saturated rings. The molecule has 0 atom stereocenters. The number of hydrogen-bond donors (Lipinski definition) is 1. The van der Waals surface area contributed by atoms with Crippen LogP contribution in [0.4, 0.5) is 10.2 Å². The number of benzene rings is 1. The van der Waals surface area contributed by atoms with Crippen molar-refractivity contribution in [1.29, 1.82) is 0 Å². The lowest BCUT2D eigenvalue weighted by Gasteiger charge is -2.13. The van der Waals surface area contributed by atoms with Crippen molar-refractivity contribution in [2.45, 2.75) is 33.6 Å². The number of halogens is 1. The van der Waals surface area contributed by atoms with Crippen LogP contribution in [0.2, 0.25) is 0 Å². The summed E-state index contributed by atoms with van der Waals surface area (Å²) in [5, 5.41) is 3.28. The Balaban J connectivity index is 2.53. The van der Waals surface area contributed by atoms with E-state index in [1.54, 1.807) is 6.07 Å². The van der Waals surface area contributed by atoms with E-state index in [1.807, 2.05) is 19.9 Å². The van der Waals surface area contributed by atoms with Crippen LogP contribution in [-0.4, -0.2) is 16.5 Å². The van der Waals surface area contributed by atoms with Crippen molar-refractivity contribution in [3.63, 3.8) is 0 Å². The minimum absolute atomic E-state index is 0.245. The second kappa shape index (κ2) is 6.46. The third kappa shape index (κ3) is 2.95. The predicted octanol–water partition coefficient (Wildman–Crippen LogP) is 3.98. The summed E-state index contributed by atoms with van der Waals surface area (Å²) in [7, 11) is 0. The van der Waals surface area contributed by atoms with E-state index >= 15 is 0 Å². The van der Waals surface area contributed by atoms with Gasteiger partial charge in [-0.15, -0.1) is 0 Å². The van der Waals surface area contributed by atoms with Crippen molar-refractivity contribution in [3.8, 4) is 11.3 Å². The summed E-state index contributed by atoms with van der Waals surface area (Å²) in [5.41, 5.74) is 3.21. The zero-order chi connectivity index (χ0) is 14.5. The van der Waals surface area contributed by atoms with Crippen molar-refractivity contribution >= 4 is 5.82 Å². The molecule has 4 heteroatoms. The molecule has 1 aromatic heterocycles. The van der Waals surface area contributed by atoms with E-state index in [9.17, 15) is 4.39 Å². The minimum atomic E-state index is -0.245. The largest absolute Gasteiger partial charge is 0.370 e. The minimum Gasteiger partial charge on any atom is -0.370 e. The highest BCUT2D eigenvalue weighted by molar-refractivity contribution is 5.69. The summed E-state index contributed by atoms with van der Waals surface area (Å²) in [4.78, 5) is 8.58. The molecule has 1 N–H and O–H groups in total. The van der Waals surface area contributed by atoms with E-state index in [1.165, 1.54) is 12.4 Å². The normalized spacial score (nSPS) is 10.6. The maximum absolute atomic E-state index is 14.1. The van der Waals surface area contributed by atoms with Crippen molar-refractivity contribution < 1.29 is 4.39 Å². The Morgan fingerprint density at radius 2 is 2.00 bits per heavy atom. The molecule has 0 aliphatic rings. The first-order valence-corrected chi connectivity index (χ1v) is 7.01. The average Bonchev–Trinajstić information content (AvgIpc) is 2.47. The maximum atomic E-state index is 14.1. The Bertz CT molecular complexity index is 596.